The Hall–Kier alpha value is -1.88. The lowest BCUT2D eigenvalue weighted by Gasteiger charge is -2.24. The van der Waals surface area contributed by atoms with Crippen LogP contribution in [0, 0.1) is 0 Å². The van der Waals surface area contributed by atoms with Crippen LogP contribution < -0.4 is 4.74 Å². The van der Waals surface area contributed by atoms with Crippen LogP contribution >= 0.6 is 0 Å². The average molecular weight is 284 g/mol. The average Bonchev–Trinajstić information content (AvgIpc) is 2.98. The molecule has 2 heterocycles. The molecule has 0 amide bonds. The van der Waals surface area contributed by atoms with Gasteiger partial charge in [-0.3, -0.25) is 0 Å². The van der Waals surface area contributed by atoms with E-state index in [9.17, 15) is 0 Å². The maximum absolute atomic E-state index is 6.10. The van der Waals surface area contributed by atoms with E-state index in [1.807, 2.05) is 55.5 Å². The van der Waals surface area contributed by atoms with E-state index in [-0.39, 0.29) is 0 Å². The summed E-state index contributed by atoms with van der Waals surface area (Å²) in [5.74, 6) is -0.847. The van der Waals surface area contributed by atoms with Gasteiger partial charge in [-0.25, -0.2) is 0 Å². The van der Waals surface area contributed by atoms with Gasteiger partial charge in [-0.2, -0.15) is 9.78 Å². The van der Waals surface area contributed by atoms with Crippen LogP contribution in [0.2, 0.25) is 0 Å². The Bertz CT molecular complexity index is 681. The molecule has 2 aromatic carbocycles. The summed E-state index contributed by atoms with van der Waals surface area (Å²) in [6.45, 7) is 1.88. The molecule has 1 fully saturated rings. The molecule has 2 aliphatic heterocycles. The third-order valence-electron chi connectivity index (χ3n) is 4.12. The second kappa shape index (κ2) is 4.31. The van der Waals surface area contributed by atoms with E-state index in [4.69, 9.17) is 19.2 Å². The normalized spacial score (nSPS) is 29.4. The van der Waals surface area contributed by atoms with Crippen molar-refractivity contribution in [2.75, 3.05) is 7.11 Å². The molecule has 4 rings (SSSR count). The van der Waals surface area contributed by atoms with Crippen molar-refractivity contribution in [2.45, 2.75) is 24.9 Å². The summed E-state index contributed by atoms with van der Waals surface area (Å²) in [6.07, 6.45) is 0.587. The molecule has 2 atom stereocenters. The second-order valence-corrected chi connectivity index (χ2v) is 5.54. The van der Waals surface area contributed by atoms with Crippen LogP contribution in [0.15, 0.2) is 48.5 Å². The quantitative estimate of drug-likeness (QED) is 0.811. The van der Waals surface area contributed by atoms with Crippen molar-refractivity contribution in [2.24, 2.45) is 0 Å². The molecule has 0 aliphatic carbocycles. The Balaban J connectivity index is 1.71. The van der Waals surface area contributed by atoms with E-state index < -0.39 is 11.6 Å². The Labute approximate surface area is 123 Å². The molecule has 2 aromatic rings. The Morgan fingerprint density at radius 3 is 2.38 bits per heavy atom. The van der Waals surface area contributed by atoms with Gasteiger partial charge < -0.3 is 9.47 Å². The van der Waals surface area contributed by atoms with E-state index in [0.717, 1.165) is 22.4 Å². The molecule has 0 radical (unpaired) electrons. The molecular weight excluding hydrogens is 268 g/mol. The van der Waals surface area contributed by atoms with Gasteiger partial charge in [0.15, 0.2) is 0 Å². The molecule has 4 heteroatoms. The Kier molecular flexibility index (Phi) is 2.63. The first-order chi connectivity index (χ1) is 10.2. The van der Waals surface area contributed by atoms with Gasteiger partial charge in [0.25, 0.3) is 0 Å². The summed E-state index contributed by atoms with van der Waals surface area (Å²) in [6, 6.07) is 15.9. The lowest BCUT2D eigenvalue weighted by atomic mass is 9.94. The van der Waals surface area contributed by atoms with Crippen molar-refractivity contribution >= 4 is 0 Å². The second-order valence-electron chi connectivity index (χ2n) is 5.54. The lowest BCUT2D eigenvalue weighted by Crippen LogP contribution is -2.28. The van der Waals surface area contributed by atoms with Crippen molar-refractivity contribution in [1.82, 2.24) is 0 Å². The fraction of sp³-hybridized carbons (Fsp3) is 0.294. The van der Waals surface area contributed by atoms with Crippen LogP contribution in [0.4, 0.5) is 0 Å². The zero-order valence-electron chi connectivity index (χ0n) is 12.0. The number of ether oxygens (including phenoxy) is 2. The van der Waals surface area contributed by atoms with Crippen LogP contribution in [-0.4, -0.2) is 7.11 Å². The largest absolute Gasteiger partial charge is 0.497 e. The zero-order chi connectivity index (χ0) is 14.5. The highest BCUT2D eigenvalue weighted by Crippen LogP contribution is 2.55. The topological polar surface area (TPSA) is 36.9 Å². The number of methoxy groups -OCH3 is 1. The predicted octanol–water partition coefficient (Wildman–Crippen LogP) is 3.26. The van der Waals surface area contributed by atoms with Gasteiger partial charge in [0, 0.05) is 17.5 Å². The molecular formula is C17H16O4. The van der Waals surface area contributed by atoms with Crippen molar-refractivity contribution in [3.63, 3.8) is 0 Å². The van der Waals surface area contributed by atoms with E-state index in [1.165, 1.54) is 0 Å². The third-order valence-corrected chi connectivity index (χ3v) is 4.12. The number of fused-ring (bicyclic) bond motifs is 5. The monoisotopic (exact) mass is 284 g/mol. The Morgan fingerprint density at radius 2 is 1.67 bits per heavy atom. The lowest BCUT2D eigenvalue weighted by molar-refractivity contribution is -0.364. The molecule has 2 aliphatic rings. The SMILES string of the molecule is COc1ccc(CC23OOC(C)(O2)c2ccccc23)cc1. The standard InChI is InChI=1S/C17H16O4/c1-16-14-5-3-4-6-15(14)17(19-16,21-20-16)11-12-7-9-13(18-2)10-8-12/h3-10H,11H2,1-2H3. The number of hydrogen-bond donors (Lipinski definition) is 0. The number of benzene rings is 2. The number of rotatable bonds is 3. The highest BCUT2D eigenvalue weighted by atomic mass is 17.3. The van der Waals surface area contributed by atoms with E-state index in [2.05, 4.69) is 0 Å². The van der Waals surface area contributed by atoms with Crippen molar-refractivity contribution in [3.05, 3.63) is 65.2 Å². The van der Waals surface area contributed by atoms with Crippen molar-refractivity contribution < 1.29 is 19.2 Å². The molecule has 0 aromatic heterocycles. The summed E-state index contributed by atoms with van der Waals surface area (Å²) in [5.41, 5.74) is 3.17. The fourth-order valence-electron chi connectivity index (χ4n) is 3.08. The molecule has 2 unspecified atom stereocenters. The Morgan fingerprint density at radius 1 is 0.952 bits per heavy atom. The molecule has 21 heavy (non-hydrogen) atoms. The van der Waals surface area contributed by atoms with E-state index in [0.29, 0.717) is 6.42 Å². The van der Waals surface area contributed by atoms with Crippen LogP contribution in [-0.2, 0) is 32.5 Å². The van der Waals surface area contributed by atoms with Gasteiger partial charge in [0.05, 0.1) is 7.11 Å². The predicted molar refractivity (Wildman–Crippen MR) is 75.4 cm³/mol. The van der Waals surface area contributed by atoms with E-state index >= 15 is 0 Å². The van der Waals surface area contributed by atoms with Crippen molar-refractivity contribution in [3.8, 4) is 5.75 Å². The van der Waals surface area contributed by atoms with Gasteiger partial charge in [0.1, 0.15) is 5.75 Å². The first-order valence-electron chi connectivity index (χ1n) is 6.95. The number of hydrogen-bond acceptors (Lipinski definition) is 4. The van der Waals surface area contributed by atoms with Crippen LogP contribution in [0.25, 0.3) is 0 Å². The summed E-state index contributed by atoms with van der Waals surface area (Å²) in [4.78, 5) is 11.0. The molecule has 0 spiro atoms. The smallest absolute Gasteiger partial charge is 0.235 e. The van der Waals surface area contributed by atoms with E-state index in [1.54, 1.807) is 7.11 Å². The fourth-order valence-corrected chi connectivity index (χ4v) is 3.08. The van der Waals surface area contributed by atoms with Gasteiger partial charge >= 0.3 is 0 Å². The highest BCUT2D eigenvalue weighted by Gasteiger charge is 2.60. The minimum Gasteiger partial charge on any atom is -0.497 e. The molecule has 2 bridgehead atoms. The minimum atomic E-state index is -0.861. The highest BCUT2D eigenvalue weighted by molar-refractivity contribution is 5.41. The molecule has 1 saturated heterocycles. The van der Waals surface area contributed by atoms with Gasteiger partial charge in [0.2, 0.25) is 11.6 Å². The van der Waals surface area contributed by atoms with Gasteiger partial charge in [-0.1, -0.05) is 36.4 Å². The first kappa shape index (κ1) is 12.8. The van der Waals surface area contributed by atoms with Crippen LogP contribution in [0.1, 0.15) is 23.6 Å². The van der Waals surface area contributed by atoms with Gasteiger partial charge in [-0.15, -0.1) is 0 Å². The molecule has 4 nitrogen and oxygen atoms in total. The van der Waals surface area contributed by atoms with Crippen LogP contribution in [0.5, 0.6) is 5.75 Å². The summed E-state index contributed by atoms with van der Waals surface area (Å²) in [7, 11) is 1.66. The zero-order valence-corrected chi connectivity index (χ0v) is 12.0. The summed E-state index contributed by atoms with van der Waals surface area (Å²) in [5, 5.41) is 0. The molecule has 0 saturated carbocycles. The van der Waals surface area contributed by atoms with Crippen LogP contribution in [0.3, 0.4) is 0 Å². The van der Waals surface area contributed by atoms with Gasteiger partial charge in [-0.05, 0) is 24.6 Å². The third kappa shape index (κ3) is 1.80. The van der Waals surface area contributed by atoms with Crippen molar-refractivity contribution in [1.29, 1.82) is 0 Å². The molecule has 0 N–H and O–H groups in total. The minimum absolute atomic E-state index is 0.587. The first-order valence-corrected chi connectivity index (χ1v) is 6.95. The summed E-state index contributed by atoms with van der Waals surface area (Å²) < 4.78 is 11.3. The maximum atomic E-state index is 6.10. The summed E-state index contributed by atoms with van der Waals surface area (Å²) >= 11 is 0. The molecule has 108 valence electrons. The maximum Gasteiger partial charge on any atom is 0.235 e.